The minimum Gasteiger partial charge on any atom is -0.354 e. The molecule has 8 heteroatoms. The van der Waals surface area contributed by atoms with E-state index in [0.29, 0.717) is 6.54 Å². The molecular weight excluding hydrogens is 366 g/mol. The summed E-state index contributed by atoms with van der Waals surface area (Å²) in [6, 6.07) is 16.2. The van der Waals surface area contributed by atoms with Crippen LogP contribution in [-0.4, -0.2) is 41.4 Å². The zero-order chi connectivity index (χ0) is 19.7. The third-order valence-electron chi connectivity index (χ3n) is 3.79. The van der Waals surface area contributed by atoms with Crippen LogP contribution in [0.2, 0.25) is 0 Å². The van der Waals surface area contributed by atoms with Gasteiger partial charge in [-0.3, -0.25) is 0 Å². The molecule has 0 bridgehead atoms. The maximum atomic E-state index is 12.7. The average Bonchev–Trinajstić information content (AvgIpc) is 2.67. The highest BCUT2D eigenvalue weighted by Gasteiger charge is 2.17. The van der Waals surface area contributed by atoms with Crippen molar-refractivity contribution in [1.29, 1.82) is 0 Å². The number of nitrogens with zero attached hydrogens (tertiary/aromatic N) is 1. The van der Waals surface area contributed by atoms with Crippen LogP contribution in [0.15, 0.2) is 64.5 Å². The molecule has 0 amide bonds. The summed E-state index contributed by atoms with van der Waals surface area (Å²) in [7, 11) is -0.753. The SMILES string of the molecule is COC(CNC(=NCc1ccccc1)NS(=O)(=O)c1ccc(C)cc1)OC. The average molecular weight is 391 g/mol. The molecule has 0 saturated carbocycles. The maximum Gasteiger partial charge on any atom is 0.264 e. The Balaban J connectivity index is 2.18. The third-order valence-corrected chi connectivity index (χ3v) is 5.14. The van der Waals surface area contributed by atoms with E-state index in [-0.39, 0.29) is 17.4 Å². The van der Waals surface area contributed by atoms with Gasteiger partial charge in [-0.15, -0.1) is 0 Å². The number of hydrogen-bond donors (Lipinski definition) is 2. The van der Waals surface area contributed by atoms with Crippen molar-refractivity contribution in [2.24, 2.45) is 4.99 Å². The van der Waals surface area contributed by atoms with Gasteiger partial charge in [0.2, 0.25) is 5.96 Å². The molecule has 0 aliphatic carbocycles. The van der Waals surface area contributed by atoms with Crippen LogP contribution in [0.1, 0.15) is 11.1 Å². The first kappa shape index (κ1) is 20.9. The molecular formula is C19H25N3O4S. The van der Waals surface area contributed by atoms with Crippen molar-refractivity contribution in [2.45, 2.75) is 24.7 Å². The minimum absolute atomic E-state index is 0.124. The number of aryl methyl sites for hydroxylation is 1. The van der Waals surface area contributed by atoms with Crippen LogP contribution in [0, 0.1) is 6.92 Å². The molecule has 0 atom stereocenters. The lowest BCUT2D eigenvalue weighted by atomic mass is 10.2. The van der Waals surface area contributed by atoms with Gasteiger partial charge in [-0.1, -0.05) is 48.0 Å². The Morgan fingerprint density at radius 3 is 2.26 bits per heavy atom. The minimum atomic E-state index is -3.77. The molecule has 2 aromatic carbocycles. The molecule has 0 fully saturated rings. The highest BCUT2D eigenvalue weighted by molar-refractivity contribution is 7.90. The summed E-state index contributed by atoms with van der Waals surface area (Å²) >= 11 is 0. The van der Waals surface area contributed by atoms with Crippen LogP contribution >= 0.6 is 0 Å². The fraction of sp³-hybridized carbons (Fsp3) is 0.316. The zero-order valence-corrected chi connectivity index (χ0v) is 16.5. The van der Waals surface area contributed by atoms with E-state index in [0.717, 1.165) is 11.1 Å². The summed E-state index contributed by atoms with van der Waals surface area (Å²) in [4.78, 5) is 4.53. The van der Waals surface area contributed by atoms with Crippen molar-refractivity contribution in [3.05, 3.63) is 65.7 Å². The topological polar surface area (TPSA) is 89.0 Å². The summed E-state index contributed by atoms with van der Waals surface area (Å²) in [5.41, 5.74) is 1.94. The number of benzene rings is 2. The largest absolute Gasteiger partial charge is 0.354 e. The van der Waals surface area contributed by atoms with E-state index in [1.54, 1.807) is 24.3 Å². The number of aliphatic imine (C=N–C) groups is 1. The number of guanidine groups is 1. The first-order valence-electron chi connectivity index (χ1n) is 8.42. The van der Waals surface area contributed by atoms with Gasteiger partial charge in [-0.25, -0.2) is 18.1 Å². The fourth-order valence-electron chi connectivity index (χ4n) is 2.22. The number of methoxy groups -OCH3 is 2. The Morgan fingerprint density at radius 2 is 1.67 bits per heavy atom. The molecule has 27 heavy (non-hydrogen) atoms. The molecule has 2 aromatic rings. The highest BCUT2D eigenvalue weighted by Crippen LogP contribution is 2.10. The smallest absolute Gasteiger partial charge is 0.264 e. The number of ether oxygens (including phenoxy) is 2. The molecule has 0 aliphatic heterocycles. The first-order valence-corrected chi connectivity index (χ1v) is 9.90. The van der Waals surface area contributed by atoms with Crippen molar-refractivity contribution in [3.63, 3.8) is 0 Å². The fourth-order valence-corrected chi connectivity index (χ4v) is 3.23. The third kappa shape index (κ3) is 6.67. The van der Waals surface area contributed by atoms with Crippen LogP contribution in [0.4, 0.5) is 0 Å². The van der Waals surface area contributed by atoms with Gasteiger partial charge in [0.05, 0.1) is 18.0 Å². The molecule has 0 radical (unpaired) electrons. The number of nitrogens with one attached hydrogen (secondary N) is 2. The number of rotatable bonds is 8. The predicted molar refractivity (Wildman–Crippen MR) is 105 cm³/mol. The molecule has 0 heterocycles. The number of sulfonamides is 1. The quantitative estimate of drug-likeness (QED) is 0.408. The van der Waals surface area contributed by atoms with Gasteiger partial charge in [-0.05, 0) is 24.6 Å². The number of hydrogen-bond acceptors (Lipinski definition) is 5. The Labute approximate surface area is 160 Å². The summed E-state index contributed by atoms with van der Waals surface area (Å²) in [5.74, 6) is 0.124. The molecule has 7 nitrogen and oxygen atoms in total. The molecule has 0 spiro atoms. The van der Waals surface area contributed by atoms with Gasteiger partial charge in [0, 0.05) is 14.2 Å². The molecule has 2 N–H and O–H groups in total. The second-order valence-electron chi connectivity index (χ2n) is 5.85. The van der Waals surface area contributed by atoms with Gasteiger partial charge >= 0.3 is 0 Å². The second-order valence-corrected chi connectivity index (χ2v) is 7.53. The lowest BCUT2D eigenvalue weighted by molar-refractivity contribution is -0.0966. The van der Waals surface area contributed by atoms with E-state index in [1.807, 2.05) is 37.3 Å². The van der Waals surface area contributed by atoms with E-state index in [2.05, 4.69) is 15.0 Å². The lowest BCUT2D eigenvalue weighted by Crippen LogP contribution is -2.44. The predicted octanol–water partition coefficient (Wildman–Crippen LogP) is 2.04. The Bertz CT molecular complexity index is 833. The van der Waals surface area contributed by atoms with Gasteiger partial charge < -0.3 is 14.8 Å². The van der Waals surface area contributed by atoms with E-state index in [9.17, 15) is 8.42 Å². The summed E-state index contributed by atoms with van der Waals surface area (Å²) < 4.78 is 38.1. The standard InChI is InChI=1S/C19H25N3O4S/c1-15-9-11-17(12-10-15)27(23,24)22-19(21-14-18(25-2)26-3)20-13-16-7-5-4-6-8-16/h4-12,18H,13-14H2,1-3H3,(H2,20,21,22). The van der Waals surface area contributed by atoms with Crippen LogP contribution < -0.4 is 10.0 Å². The normalized spacial score (nSPS) is 12.2. The zero-order valence-electron chi connectivity index (χ0n) is 15.7. The van der Waals surface area contributed by atoms with Gasteiger partial charge in [0.15, 0.2) is 6.29 Å². The summed E-state index contributed by atoms with van der Waals surface area (Å²) in [6.45, 7) is 2.45. The summed E-state index contributed by atoms with van der Waals surface area (Å²) in [6.07, 6.45) is -0.532. The van der Waals surface area contributed by atoms with Crippen LogP contribution in [0.5, 0.6) is 0 Å². The maximum absolute atomic E-state index is 12.7. The van der Waals surface area contributed by atoms with Gasteiger partial charge in [0.1, 0.15) is 0 Å². The van der Waals surface area contributed by atoms with Crippen LogP contribution in [0.25, 0.3) is 0 Å². The molecule has 0 aliphatic rings. The molecule has 0 saturated heterocycles. The molecule has 2 rings (SSSR count). The van der Waals surface area contributed by atoms with E-state index >= 15 is 0 Å². The highest BCUT2D eigenvalue weighted by atomic mass is 32.2. The van der Waals surface area contributed by atoms with Crippen LogP contribution in [0.3, 0.4) is 0 Å². The Hall–Kier alpha value is -2.42. The first-order chi connectivity index (χ1) is 12.9. The molecule has 146 valence electrons. The van der Waals surface area contributed by atoms with Crippen molar-refractivity contribution in [2.75, 3.05) is 20.8 Å². The van der Waals surface area contributed by atoms with Gasteiger partial charge in [-0.2, -0.15) is 0 Å². The molecule has 0 unspecified atom stereocenters. The van der Waals surface area contributed by atoms with Crippen molar-refractivity contribution >= 4 is 16.0 Å². The Kier molecular flexibility index (Phi) is 7.78. The van der Waals surface area contributed by atoms with Crippen molar-refractivity contribution in [1.82, 2.24) is 10.0 Å². The van der Waals surface area contributed by atoms with Crippen molar-refractivity contribution < 1.29 is 17.9 Å². The Morgan fingerprint density at radius 1 is 1.04 bits per heavy atom. The summed E-state index contributed by atoms with van der Waals surface area (Å²) in [5, 5.41) is 2.94. The second kappa shape index (κ2) is 10.1. The van der Waals surface area contributed by atoms with E-state index in [1.165, 1.54) is 14.2 Å². The van der Waals surface area contributed by atoms with Crippen LogP contribution in [-0.2, 0) is 26.0 Å². The van der Waals surface area contributed by atoms with Gasteiger partial charge in [0.25, 0.3) is 10.0 Å². The van der Waals surface area contributed by atoms with E-state index < -0.39 is 16.3 Å². The lowest BCUT2D eigenvalue weighted by Gasteiger charge is -2.17. The van der Waals surface area contributed by atoms with E-state index in [4.69, 9.17) is 9.47 Å². The molecule has 0 aromatic heterocycles. The van der Waals surface area contributed by atoms with Crippen molar-refractivity contribution in [3.8, 4) is 0 Å². The monoisotopic (exact) mass is 391 g/mol.